The molecule has 0 N–H and O–H groups in total. The van der Waals surface area contributed by atoms with Gasteiger partial charge in [0, 0.05) is 17.9 Å². The van der Waals surface area contributed by atoms with Crippen LogP contribution in [0.5, 0.6) is 0 Å². The van der Waals surface area contributed by atoms with E-state index in [1.807, 2.05) is 11.8 Å². The highest BCUT2D eigenvalue weighted by atomic mass is 32.2. The van der Waals surface area contributed by atoms with Crippen LogP contribution in [0, 0.1) is 17.8 Å². The van der Waals surface area contributed by atoms with Gasteiger partial charge in [-0.2, -0.15) is 0 Å². The first-order valence-corrected chi connectivity index (χ1v) is 9.32. The number of thioether (sulfide) groups is 1. The van der Waals surface area contributed by atoms with E-state index in [9.17, 15) is 4.79 Å². The predicted octanol–water partition coefficient (Wildman–Crippen LogP) is 4.34. The molecular weight excluding hydrogens is 278 g/mol. The molecule has 2 saturated carbocycles. The average molecular weight is 301 g/mol. The minimum atomic E-state index is 0.363. The van der Waals surface area contributed by atoms with Crippen molar-refractivity contribution in [1.82, 2.24) is 0 Å². The van der Waals surface area contributed by atoms with Gasteiger partial charge in [-0.25, -0.2) is 0 Å². The van der Waals surface area contributed by atoms with E-state index in [0.29, 0.717) is 11.8 Å². The number of hydrogen-bond donors (Lipinski definition) is 0. The van der Waals surface area contributed by atoms with E-state index in [4.69, 9.17) is 0 Å². The number of amides is 1. The molecule has 2 aliphatic carbocycles. The van der Waals surface area contributed by atoms with Gasteiger partial charge in [0.2, 0.25) is 5.91 Å². The smallest absolute Gasteiger partial charge is 0.227 e. The summed E-state index contributed by atoms with van der Waals surface area (Å²) < 4.78 is 0. The van der Waals surface area contributed by atoms with Crippen molar-refractivity contribution in [2.75, 3.05) is 17.2 Å². The quantitative estimate of drug-likeness (QED) is 0.810. The number of rotatable bonds is 2. The van der Waals surface area contributed by atoms with Crippen molar-refractivity contribution in [2.24, 2.45) is 17.8 Å². The van der Waals surface area contributed by atoms with Crippen molar-refractivity contribution >= 4 is 23.4 Å². The lowest BCUT2D eigenvalue weighted by molar-refractivity contribution is -0.119. The molecule has 0 aromatic heterocycles. The van der Waals surface area contributed by atoms with Gasteiger partial charge in [0.1, 0.15) is 0 Å². The molecule has 0 spiro atoms. The maximum atomic E-state index is 12.9. The molecule has 1 heterocycles. The van der Waals surface area contributed by atoms with E-state index in [2.05, 4.69) is 29.2 Å². The highest BCUT2D eigenvalue weighted by Gasteiger charge is 2.40. The van der Waals surface area contributed by atoms with Gasteiger partial charge in [0.05, 0.1) is 5.69 Å². The molecule has 4 rings (SSSR count). The van der Waals surface area contributed by atoms with Crippen molar-refractivity contribution < 1.29 is 4.79 Å². The van der Waals surface area contributed by atoms with Crippen LogP contribution >= 0.6 is 11.8 Å². The lowest BCUT2D eigenvalue weighted by Gasteiger charge is -2.27. The predicted molar refractivity (Wildman–Crippen MR) is 87.7 cm³/mol. The maximum Gasteiger partial charge on any atom is 0.227 e. The highest BCUT2D eigenvalue weighted by Crippen LogP contribution is 2.49. The first-order chi connectivity index (χ1) is 10.3. The lowest BCUT2D eigenvalue weighted by atomic mass is 9.86. The summed E-state index contributed by atoms with van der Waals surface area (Å²) in [6.45, 7) is 0.893. The Morgan fingerprint density at radius 2 is 2.14 bits per heavy atom. The van der Waals surface area contributed by atoms with Gasteiger partial charge < -0.3 is 4.90 Å². The summed E-state index contributed by atoms with van der Waals surface area (Å²) in [4.78, 5) is 16.2. The van der Waals surface area contributed by atoms with Gasteiger partial charge in [-0.05, 0) is 61.3 Å². The molecule has 0 unspecified atom stereocenters. The van der Waals surface area contributed by atoms with Crippen molar-refractivity contribution in [3.63, 3.8) is 0 Å². The van der Waals surface area contributed by atoms with Gasteiger partial charge >= 0.3 is 0 Å². The molecule has 0 radical (unpaired) electrons. The summed E-state index contributed by atoms with van der Waals surface area (Å²) in [5, 5.41) is 0. The Morgan fingerprint density at radius 3 is 2.95 bits per heavy atom. The molecule has 3 atom stereocenters. The van der Waals surface area contributed by atoms with Gasteiger partial charge in [-0.15, -0.1) is 11.8 Å². The number of nitrogens with zero attached hydrogens (tertiary/aromatic N) is 1. The van der Waals surface area contributed by atoms with Crippen LogP contribution in [0.3, 0.4) is 0 Å². The van der Waals surface area contributed by atoms with E-state index in [-0.39, 0.29) is 0 Å². The summed E-state index contributed by atoms with van der Waals surface area (Å²) in [5.74, 6) is 3.92. The van der Waals surface area contributed by atoms with Gasteiger partial charge in [0.25, 0.3) is 0 Å². The van der Waals surface area contributed by atoms with Crippen LogP contribution in [0.25, 0.3) is 0 Å². The number of hydrogen-bond acceptors (Lipinski definition) is 2. The molecule has 1 amide bonds. The van der Waals surface area contributed by atoms with Crippen molar-refractivity contribution in [3.05, 3.63) is 24.3 Å². The van der Waals surface area contributed by atoms with Crippen LogP contribution in [-0.4, -0.2) is 18.2 Å². The number of benzene rings is 1. The van der Waals surface area contributed by atoms with Gasteiger partial charge in [0.15, 0.2) is 0 Å². The number of anilines is 1. The van der Waals surface area contributed by atoms with Crippen LogP contribution in [0.15, 0.2) is 29.2 Å². The first-order valence-electron chi connectivity index (χ1n) is 8.33. The van der Waals surface area contributed by atoms with E-state index >= 15 is 0 Å². The van der Waals surface area contributed by atoms with Crippen LogP contribution in [-0.2, 0) is 4.79 Å². The SMILES string of the molecule is O=C(C[C@H]1C[C@H]2CC[C@H]1C2)N1CCCSc2ccccc21. The second kappa shape index (κ2) is 5.68. The molecule has 2 fully saturated rings. The Kier molecular flexibility index (Phi) is 3.70. The largest absolute Gasteiger partial charge is 0.311 e. The number of fused-ring (bicyclic) bond motifs is 3. The zero-order valence-electron chi connectivity index (χ0n) is 12.5. The van der Waals surface area contributed by atoms with Gasteiger partial charge in [-0.1, -0.05) is 18.6 Å². The molecule has 3 aliphatic rings. The molecule has 2 nitrogen and oxygen atoms in total. The number of para-hydroxylation sites is 1. The molecule has 2 bridgehead atoms. The zero-order valence-corrected chi connectivity index (χ0v) is 13.3. The maximum absolute atomic E-state index is 12.9. The van der Waals surface area contributed by atoms with Crippen LogP contribution in [0.4, 0.5) is 5.69 Å². The van der Waals surface area contributed by atoms with Gasteiger partial charge in [-0.3, -0.25) is 4.79 Å². The topological polar surface area (TPSA) is 20.3 Å². The molecule has 21 heavy (non-hydrogen) atoms. The summed E-state index contributed by atoms with van der Waals surface area (Å²) in [6.07, 6.45) is 7.36. The fraction of sp³-hybridized carbons (Fsp3) is 0.611. The number of carbonyl (C=O) groups excluding carboxylic acids is 1. The van der Waals surface area contributed by atoms with Crippen molar-refractivity contribution in [3.8, 4) is 0 Å². The Bertz CT molecular complexity index is 544. The van der Waals surface area contributed by atoms with E-state index < -0.39 is 0 Å². The standard InChI is InChI=1S/C18H23NOS/c20-18(12-15-11-13-6-7-14(15)10-13)19-8-3-9-21-17-5-2-1-4-16(17)19/h1-2,4-5,13-15H,3,6-12H2/t13-,14-,15+/m0/s1. The summed E-state index contributed by atoms with van der Waals surface area (Å²) in [7, 11) is 0. The molecule has 1 aliphatic heterocycles. The minimum absolute atomic E-state index is 0.363. The van der Waals surface area contributed by atoms with Crippen LogP contribution in [0.2, 0.25) is 0 Å². The second-order valence-electron chi connectivity index (χ2n) is 6.85. The lowest BCUT2D eigenvalue weighted by Crippen LogP contribution is -2.34. The Labute approximate surface area is 131 Å². The molecule has 1 aromatic rings. The third-order valence-electron chi connectivity index (χ3n) is 5.56. The van der Waals surface area contributed by atoms with Crippen LogP contribution in [0.1, 0.15) is 38.5 Å². The fourth-order valence-corrected chi connectivity index (χ4v) is 5.54. The molecule has 112 valence electrons. The van der Waals surface area contributed by atoms with E-state index in [1.54, 1.807) is 0 Å². The highest BCUT2D eigenvalue weighted by molar-refractivity contribution is 7.99. The Morgan fingerprint density at radius 1 is 1.24 bits per heavy atom. The minimum Gasteiger partial charge on any atom is -0.311 e. The number of carbonyl (C=O) groups is 1. The summed E-state index contributed by atoms with van der Waals surface area (Å²) in [6, 6.07) is 8.41. The normalized spacial score (nSPS) is 31.0. The van der Waals surface area contributed by atoms with Crippen LogP contribution < -0.4 is 4.90 Å². The van der Waals surface area contributed by atoms with E-state index in [0.717, 1.165) is 42.7 Å². The Balaban J connectivity index is 1.51. The molecule has 3 heteroatoms. The third kappa shape index (κ3) is 2.61. The molecular formula is C18H23NOS. The summed E-state index contributed by atoms with van der Waals surface area (Å²) in [5.41, 5.74) is 1.15. The fourth-order valence-electron chi connectivity index (χ4n) is 4.55. The molecule has 0 saturated heterocycles. The zero-order chi connectivity index (χ0) is 14.2. The van der Waals surface area contributed by atoms with Crippen molar-refractivity contribution in [1.29, 1.82) is 0 Å². The summed E-state index contributed by atoms with van der Waals surface area (Å²) >= 11 is 1.89. The Hall–Kier alpha value is -0.960. The third-order valence-corrected chi connectivity index (χ3v) is 6.71. The first kappa shape index (κ1) is 13.7. The molecule has 1 aromatic carbocycles. The van der Waals surface area contributed by atoms with Crippen molar-refractivity contribution in [2.45, 2.75) is 43.4 Å². The second-order valence-corrected chi connectivity index (χ2v) is 7.99. The average Bonchev–Trinajstić information content (AvgIpc) is 3.04. The monoisotopic (exact) mass is 301 g/mol. The van der Waals surface area contributed by atoms with E-state index in [1.165, 1.54) is 30.6 Å².